The first kappa shape index (κ1) is 18.5. The van der Waals surface area contributed by atoms with Crippen molar-refractivity contribution < 1.29 is 9.90 Å². The van der Waals surface area contributed by atoms with Gasteiger partial charge in [-0.15, -0.1) is 0 Å². The fourth-order valence-corrected chi connectivity index (χ4v) is 2.05. The van der Waals surface area contributed by atoms with Crippen molar-refractivity contribution in [1.29, 1.82) is 10.5 Å². The summed E-state index contributed by atoms with van der Waals surface area (Å²) in [5.41, 5.74) is 1.85. The van der Waals surface area contributed by atoms with Gasteiger partial charge in [0.05, 0.1) is 6.10 Å². The summed E-state index contributed by atoms with van der Waals surface area (Å²) in [6, 6.07) is 5.55. The second-order valence-electron chi connectivity index (χ2n) is 5.57. The fraction of sp³-hybridized carbons (Fsp3) is 0.471. The van der Waals surface area contributed by atoms with Crippen LogP contribution in [0.3, 0.4) is 0 Å². The van der Waals surface area contributed by atoms with Gasteiger partial charge in [0.2, 0.25) is 0 Å². The molecule has 0 aliphatic rings. The lowest BCUT2D eigenvalue weighted by atomic mass is 10.0. The molecule has 0 radical (unpaired) electrons. The molecule has 1 rings (SSSR count). The number of carbonyl (C=O) groups is 1. The standard InChI is InChI=1S/C17H22N4O2/c1-5-11(2)16(22)10-20-17(23)14(8-18)6-13-7-15(9-19)21(4)12(13)3/h6-7,11,16,22H,5,10H2,1-4H3,(H,20,23)/b14-6+. The lowest BCUT2D eigenvalue weighted by molar-refractivity contribution is -0.117. The lowest BCUT2D eigenvalue weighted by Crippen LogP contribution is -2.35. The van der Waals surface area contributed by atoms with E-state index in [9.17, 15) is 15.2 Å². The molecule has 1 aromatic rings. The average molecular weight is 314 g/mol. The van der Waals surface area contributed by atoms with Crippen LogP contribution in [0.15, 0.2) is 11.6 Å². The molecule has 0 aliphatic heterocycles. The highest BCUT2D eigenvalue weighted by molar-refractivity contribution is 6.01. The van der Waals surface area contributed by atoms with Gasteiger partial charge in [-0.1, -0.05) is 20.3 Å². The molecule has 6 nitrogen and oxygen atoms in total. The smallest absolute Gasteiger partial charge is 0.262 e. The molecular formula is C17H22N4O2. The Kier molecular flexibility index (Phi) is 6.56. The van der Waals surface area contributed by atoms with Crippen LogP contribution in [0.25, 0.3) is 6.08 Å². The molecule has 0 fully saturated rings. The van der Waals surface area contributed by atoms with Crippen LogP contribution < -0.4 is 5.32 Å². The number of rotatable bonds is 6. The minimum absolute atomic E-state index is 0.0560. The van der Waals surface area contributed by atoms with E-state index in [1.807, 2.05) is 26.8 Å². The molecule has 1 amide bonds. The lowest BCUT2D eigenvalue weighted by Gasteiger charge is -2.17. The molecule has 0 saturated carbocycles. The summed E-state index contributed by atoms with van der Waals surface area (Å²) in [6.07, 6.45) is 1.62. The second kappa shape index (κ2) is 8.17. The highest BCUT2D eigenvalue weighted by Gasteiger charge is 2.16. The molecule has 0 aromatic carbocycles. The predicted molar refractivity (Wildman–Crippen MR) is 86.9 cm³/mol. The van der Waals surface area contributed by atoms with Gasteiger partial charge in [-0.2, -0.15) is 10.5 Å². The molecular weight excluding hydrogens is 292 g/mol. The number of nitrogens with zero attached hydrogens (tertiary/aromatic N) is 3. The van der Waals surface area contributed by atoms with E-state index in [4.69, 9.17) is 5.26 Å². The van der Waals surface area contributed by atoms with Crippen LogP contribution in [0.5, 0.6) is 0 Å². The Labute approximate surface area is 136 Å². The van der Waals surface area contributed by atoms with Crippen molar-refractivity contribution in [3.05, 3.63) is 28.6 Å². The van der Waals surface area contributed by atoms with E-state index in [1.54, 1.807) is 17.7 Å². The molecule has 0 bridgehead atoms. The van der Waals surface area contributed by atoms with Crippen molar-refractivity contribution in [2.45, 2.75) is 33.3 Å². The molecule has 1 heterocycles. The summed E-state index contributed by atoms with van der Waals surface area (Å²) in [4.78, 5) is 12.1. The molecule has 122 valence electrons. The summed E-state index contributed by atoms with van der Waals surface area (Å²) in [7, 11) is 1.75. The van der Waals surface area contributed by atoms with E-state index in [-0.39, 0.29) is 18.0 Å². The van der Waals surface area contributed by atoms with E-state index >= 15 is 0 Å². The Hall–Kier alpha value is -2.57. The maximum absolute atomic E-state index is 12.1. The monoisotopic (exact) mass is 314 g/mol. The summed E-state index contributed by atoms with van der Waals surface area (Å²) in [5.74, 6) is -0.462. The molecule has 0 spiro atoms. The first-order valence-electron chi connectivity index (χ1n) is 7.50. The highest BCUT2D eigenvalue weighted by Crippen LogP contribution is 2.17. The molecule has 0 aliphatic carbocycles. The third kappa shape index (κ3) is 4.45. The zero-order valence-electron chi connectivity index (χ0n) is 13.9. The number of aliphatic hydroxyl groups excluding tert-OH is 1. The third-order valence-electron chi connectivity index (χ3n) is 4.13. The van der Waals surface area contributed by atoms with Gasteiger partial charge in [0.25, 0.3) is 5.91 Å². The number of amides is 1. The molecule has 0 saturated heterocycles. The van der Waals surface area contributed by atoms with Gasteiger partial charge < -0.3 is 15.0 Å². The number of hydrogen-bond acceptors (Lipinski definition) is 4. The molecule has 23 heavy (non-hydrogen) atoms. The van der Waals surface area contributed by atoms with Crippen molar-refractivity contribution in [3.63, 3.8) is 0 Å². The minimum atomic E-state index is -0.646. The number of nitrogens with one attached hydrogen (secondary N) is 1. The minimum Gasteiger partial charge on any atom is -0.391 e. The van der Waals surface area contributed by atoms with E-state index in [0.717, 1.165) is 12.1 Å². The maximum atomic E-state index is 12.1. The summed E-state index contributed by atoms with van der Waals surface area (Å²) >= 11 is 0. The van der Waals surface area contributed by atoms with E-state index < -0.39 is 12.0 Å². The van der Waals surface area contributed by atoms with E-state index in [2.05, 4.69) is 11.4 Å². The molecule has 1 aromatic heterocycles. The van der Waals surface area contributed by atoms with Crippen molar-refractivity contribution in [1.82, 2.24) is 9.88 Å². The third-order valence-corrected chi connectivity index (χ3v) is 4.13. The van der Waals surface area contributed by atoms with E-state index in [0.29, 0.717) is 11.3 Å². The Bertz CT molecular complexity index is 689. The summed E-state index contributed by atoms with van der Waals surface area (Å²) < 4.78 is 1.70. The van der Waals surface area contributed by atoms with Gasteiger partial charge in [0.1, 0.15) is 23.4 Å². The first-order chi connectivity index (χ1) is 10.8. The number of aromatic nitrogens is 1. The van der Waals surface area contributed by atoms with Crippen LogP contribution in [0, 0.1) is 35.5 Å². The predicted octanol–water partition coefficient (Wildman–Crippen LogP) is 1.64. The van der Waals surface area contributed by atoms with Crippen LogP contribution in [0.1, 0.15) is 37.2 Å². The molecule has 2 N–H and O–H groups in total. The van der Waals surface area contributed by atoms with E-state index in [1.165, 1.54) is 6.08 Å². The molecule has 6 heteroatoms. The summed E-state index contributed by atoms with van der Waals surface area (Å²) in [5, 5.41) is 30.6. The van der Waals surface area contributed by atoms with Crippen molar-refractivity contribution in [2.24, 2.45) is 13.0 Å². The number of aliphatic hydroxyl groups is 1. The topological polar surface area (TPSA) is 102 Å². The van der Waals surface area contributed by atoms with Crippen LogP contribution in [-0.2, 0) is 11.8 Å². The number of nitriles is 2. The number of hydrogen-bond donors (Lipinski definition) is 2. The van der Waals surface area contributed by atoms with Crippen LogP contribution in [-0.4, -0.2) is 28.2 Å². The SMILES string of the molecule is CCC(C)C(O)CNC(=O)/C(C#N)=C/c1cc(C#N)n(C)c1C. The zero-order chi connectivity index (χ0) is 17.6. The van der Waals surface area contributed by atoms with Crippen molar-refractivity contribution in [3.8, 4) is 12.1 Å². The van der Waals surface area contributed by atoms with Gasteiger partial charge in [-0.3, -0.25) is 4.79 Å². The van der Waals surface area contributed by atoms with Crippen molar-refractivity contribution >= 4 is 12.0 Å². The van der Waals surface area contributed by atoms with Gasteiger partial charge in [-0.25, -0.2) is 0 Å². The zero-order valence-corrected chi connectivity index (χ0v) is 13.9. The van der Waals surface area contributed by atoms with Crippen LogP contribution >= 0.6 is 0 Å². The van der Waals surface area contributed by atoms with Crippen molar-refractivity contribution in [2.75, 3.05) is 6.54 Å². The van der Waals surface area contributed by atoms with Gasteiger partial charge in [-0.05, 0) is 30.5 Å². The quantitative estimate of drug-likeness (QED) is 0.615. The second-order valence-corrected chi connectivity index (χ2v) is 5.57. The normalized spacial score (nSPS) is 13.8. The molecule has 2 atom stereocenters. The highest BCUT2D eigenvalue weighted by atomic mass is 16.3. The molecule has 2 unspecified atom stereocenters. The first-order valence-corrected chi connectivity index (χ1v) is 7.50. The Morgan fingerprint density at radius 3 is 2.65 bits per heavy atom. The van der Waals surface area contributed by atoms with Gasteiger partial charge in [0, 0.05) is 19.3 Å². The van der Waals surface area contributed by atoms with Gasteiger partial charge in [0.15, 0.2) is 0 Å². The Morgan fingerprint density at radius 2 is 2.17 bits per heavy atom. The average Bonchev–Trinajstić information content (AvgIpc) is 2.83. The maximum Gasteiger partial charge on any atom is 0.262 e. The van der Waals surface area contributed by atoms with Gasteiger partial charge >= 0.3 is 0 Å². The van der Waals surface area contributed by atoms with Crippen LogP contribution in [0.4, 0.5) is 0 Å². The summed E-state index contributed by atoms with van der Waals surface area (Å²) in [6.45, 7) is 5.77. The number of carbonyl (C=O) groups excluding carboxylic acids is 1. The Morgan fingerprint density at radius 1 is 1.52 bits per heavy atom. The fourth-order valence-electron chi connectivity index (χ4n) is 2.05. The van der Waals surface area contributed by atoms with Crippen LogP contribution in [0.2, 0.25) is 0 Å². The largest absolute Gasteiger partial charge is 0.391 e. The Balaban J connectivity index is 2.90.